The number of benzene rings is 2. The molecule has 122 valence electrons. The van der Waals surface area contributed by atoms with E-state index >= 15 is 0 Å². The summed E-state index contributed by atoms with van der Waals surface area (Å²) in [6, 6.07) is 15.0. The first-order chi connectivity index (χ1) is 12.1. The maximum Gasteiger partial charge on any atom is 0.421 e. The summed E-state index contributed by atoms with van der Waals surface area (Å²) < 4.78 is 5.24. The molecule has 3 aromatic rings. The van der Waals surface area contributed by atoms with Crippen LogP contribution in [0.25, 0.3) is 11.5 Å². The fourth-order valence-electron chi connectivity index (χ4n) is 2.38. The van der Waals surface area contributed by atoms with Gasteiger partial charge in [-0.3, -0.25) is 9.59 Å². The number of fused-ring (bicyclic) bond motifs is 1. The van der Waals surface area contributed by atoms with Crippen molar-refractivity contribution in [1.29, 1.82) is 0 Å². The Hall–Kier alpha value is -3.81. The standard InChI is InChI=1S/C17H9N3O5/c21-15-11-8-4-5-9-12(11)16(22)20(15)25-17(23)14-19-18-13(24-14)10-6-2-1-3-7-10/h1-9H. The largest absolute Gasteiger partial charge is 0.421 e. The molecule has 2 heterocycles. The predicted octanol–water partition coefficient (Wildman–Crippen LogP) is 2.10. The third-order valence-electron chi connectivity index (χ3n) is 3.55. The number of carbonyl (C=O) groups is 3. The minimum absolute atomic E-state index is 0.120. The Morgan fingerprint density at radius 2 is 1.48 bits per heavy atom. The van der Waals surface area contributed by atoms with Crippen molar-refractivity contribution in [2.75, 3.05) is 0 Å². The second-order valence-electron chi connectivity index (χ2n) is 5.11. The Morgan fingerprint density at radius 1 is 0.880 bits per heavy atom. The van der Waals surface area contributed by atoms with Crippen LogP contribution in [0.15, 0.2) is 59.0 Å². The van der Waals surface area contributed by atoms with Crippen molar-refractivity contribution in [2.45, 2.75) is 0 Å². The Balaban J connectivity index is 1.55. The van der Waals surface area contributed by atoms with Gasteiger partial charge in [-0.05, 0) is 24.3 Å². The van der Waals surface area contributed by atoms with Gasteiger partial charge in [0.15, 0.2) is 0 Å². The zero-order valence-electron chi connectivity index (χ0n) is 12.6. The van der Waals surface area contributed by atoms with E-state index in [9.17, 15) is 14.4 Å². The van der Waals surface area contributed by atoms with Crippen molar-refractivity contribution >= 4 is 17.8 Å². The number of hydrogen-bond acceptors (Lipinski definition) is 7. The van der Waals surface area contributed by atoms with E-state index in [1.54, 1.807) is 36.4 Å². The third kappa shape index (κ3) is 2.45. The molecule has 0 aliphatic carbocycles. The molecule has 0 unspecified atom stereocenters. The average Bonchev–Trinajstić information content (AvgIpc) is 3.23. The summed E-state index contributed by atoms with van der Waals surface area (Å²) in [4.78, 5) is 41.3. The van der Waals surface area contributed by atoms with Crippen LogP contribution in [0, 0.1) is 0 Å². The smallest absolute Gasteiger partial charge is 0.411 e. The summed E-state index contributed by atoms with van der Waals surface area (Å²) in [6.07, 6.45) is 0. The van der Waals surface area contributed by atoms with Crippen LogP contribution < -0.4 is 0 Å². The Bertz CT molecular complexity index is 961. The summed E-state index contributed by atoms with van der Waals surface area (Å²) in [5, 5.41) is 7.74. The van der Waals surface area contributed by atoms with E-state index < -0.39 is 23.7 Å². The molecule has 0 spiro atoms. The van der Waals surface area contributed by atoms with Gasteiger partial charge in [-0.15, -0.1) is 10.2 Å². The number of hydroxylamine groups is 2. The van der Waals surface area contributed by atoms with Crippen LogP contribution in [0.4, 0.5) is 0 Å². The van der Waals surface area contributed by atoms with E-state index in [2.05, 4.69) is 10.2 Å². The van der Waals surface area contributed by atoms with Crippen LogP contribution in [0.3, 0.4) is 0 Å². The van der Waals surface area contributed by atoms with Crippen molar-refractivity contribution in [2.24, 2.45) is 0 Å². The van der Waals surface area contributed by atoms with Gasteiger partial charge in [-0.1, -0.05) is 35.4 Å². The SMILES string of the molecule is O=C(ON1C(=O)c2ccccc2C1=O)c1nnc(-c2ccccc2)o1. The molecule has 1 aromatic heterocycles. The first-order valence-electron chi connectivity index (χ1n) is 7.24. The fraction of sp³-hybridized carbons (Fsp3) is 0. The number of amides is 2. The first kappa shape index (κ1) is 14.8. The van der Waals surface area contributed by atoms with E-state index in [0.29, 0.717) is 10.6 Å². The van der Waals surface area contributed by atoms with Crippen LogP contribution in [-0.2, 0) is 4.84 Å². The summed E-state index contributed by atoms with van der Waals surface area (Å²) in [7, 11) is 0. The lowest BCUT2D eigenvalue weighted by Gasteiger charge is -2.10. The molecule has 2 amide bonds. The number of rotatable bonds is 3. The molecule has 0 bridgehead atoms. The first-order valence-corrected chi connectivity index (χ1v) is 7.24. The minimum Gasteiger partial charge on any atom is -0.411 e. The van der Waals surface area contributed by atoms with Crippen molar-refractivity contribution in [3.63, 3.8) is 0 Å². The summed E-state index contributed by atoms with van der Waals surface area (Å²) >= 11 is 0. The third-order valence-corrected chi connectivity index (χ3v) is 3.55. The highest BCUT2D eigenvalue weighted by Gasteiger charge is 2.39. The normalized spacial score (nSPS) is 13.0. The van der Waals surface area contributed by atoms with Crippen molar-refractivity contribution in [3.05, 3.63) is 71.6 Å². The predicted molar refractivity (Wildman–Crippen MR) is 82.1 cm³/mol. The number of carbonyl (C=O) groups excluding carboxylic acids is 3. The Labute approximate surface area is 140 Å². The quantitative estimate of drug-likeness (QED) is 0.675. The van der Waals surface area contributed by atoms with Gasteiger partial charge in [-0.2, -0.15) is 0 Å². The van der Waals surface area contributed by atoms with Gasteiger partial charge in [0.25, 0.3) is 11.8 Å². The number of hydrogen-bond donors (Lipinski definition) is 0. The highest BCUT2D eigenvalue weighted by molar-refractivity contribution is 6.21. The van der Waals surface area contributed by atoms with E-state index in [1.165, 1.54) is 12.1 Å². The molecule has 0 N–H and O–H groups in total. The number of imide groups is 1. The lowest BCUT2D eigenvalue weighted by molar-refractivity contribution is -0.0608. The van der Waals surface area contributed by atoms with Gasteiger partial charge >= 0.3 is 11.9 Å². The van der Waals surface area contributed by atoms with Crippen LogP contribution in [0.1, 0.15) is 31.4 Å². The highest BCUT2D eigenvalue weighted by Crippen LogP contribution is 2.24. The highest BCUT2D eigenvalue weighted by atomic mass is 16.7. The molecule has 1 aliphatic rings. The van der Waals surface area contributed by atoms with Gasteiger partial charge in [0.2, 0.25) is 5.89 Å². The lowest BCUT2D eigenvalue weighted by Crippen LogP contribution is -2.32. The van der Waals surface area contributed by atoms with Gasteiger partial charge in [0.1, 0.15) is 0 Å². The van der Waals surface area contributed by atoms with Crippen molar-refractivity contribution in [3.8, 4) is 11.5 Å². The molecular weight excluding hydrogens is 326 g/mol. The van der Waals surface area contributed by atoms with E-state index in [0.717, 1.165) is 0 Å². The van der Waals surface area contributed by atoms with Gasteiger partial charge in [0.05, 0.1) is 11.1 Å². The monoisotopic (exact) mass is 335 g/mol. The van der Waals surface area contributed by atoms with E-state index in [4.69, 9.17) is 9.25 Å². The zero-order chi connectivity index (χ0) is 17.4. The topological polar surface area (TPSA) is 103 Å². The van der Waals surface area contributed by atoms with E-state index in [1.807, 2.05) is 6.07 Å². The van der Waals surface area contributed by atoms with Crippen LogP contribution in [-0.4, -0.2) is 33.0 Å². The fourth-order valence-corrected chi connectivity index (χ4v) is 2.38. The van der Waals surface area contributed by atoms with E-state index in [-0.39, 0.29) is 17.0 Å². The van der Waals surface area contributed by atoms with Crippen molar-refractivity contribution < 1.29 is 23.6 Å². The van der Waals surface area contributed by atoms with Crippen LogP contribution >= 0.6 is 0 Å². The summed E-state index contributed by atoms with van der Waals surface area (Å²) in [6.45, 7) is 0. The average molecular weight is 335 g/mol. The van der Waals surface area contributed by atoms with Gasteiger partial charge in [-0.25, -0.2) is 4.79 Å². The molecule has 0 saturated carbocycles. The summed E-state index contributed by atoms with van der Waals surface area (Å²) in [5.74, 6) is -2.89. The molecule has 4 rings (SSSR count). The molecule has 0 saturated heterocycles. The van der Waals surface area contributed by atoms with Crippen LogP contribution in [0.2, 0.25) is 0 Å². The minimum atomic E-state index is -1.09. The maximum atomic E-state index is 12.2. The molecule has 0 atom stereocenters. The molecular formula is C17H9N3O5. The molecule has 8 heteroatoms. The molecule has 0 radical (unpaired) electrons. The van der Waals surface area contributed by atoms with Crippen molar-refractivity contribution in [1.82, 2.24) is 15.3 Å². The van der Waals surface area contributed by atoms with Gasteiger partial charge < -0.3 is 9.25 Å². The zero-order valence-corrected chi connectivity index (χ0v) is 12.6. The second-order valence-corrected chi connectivity index (χ2v) is 5.11. The van der Waals surface area contributed by atoms with Crippen LogP contribution in [0.5, 0.6) is 0 Å². The second kappa shape index (κ2) is 5.68. The summed E-state index contributed by atoms with van der Waals surface area (Å²) in [5.41, 5.74) is 0.946. The molecule has 8 nitrogen and oxygen atoms in total. The Morgan fingerprint density at radius 3 is 2.12 bits per heavy atom. The molecule has 2 aromatic carbocycles. The number of nitrogens with zero attached hydrogens (tertiary/aromatic N) is 3. The molecule has 25 heavy (non-hydrogen) atoms. The molecule has 0 fully saturated rings. The molecule has 1 aliphatic heterocycles. The Kier molecular flexibility index (Phi) is 3.35. The van der Waals surface area contributed by atoms with Gasteiger partial charge in [0, 0.05) is 5.56 Å². The maximum absolute atomic E-state index is 12.2. The lowest BCUT2D eigenvalue weighted by atomic mass is 10.1. The number of aromatic nitrogens is 2.